The molecule has 0 aromatic rings. The van der Waals surface area contributed by atoms with Crippen molar-refractivity contribution >= 4 is 5.91 Å². The number of carbonyl (C=O) groups excluding carboxylic acids is 1. The second-order valence-corrected chi connectivity index (χ2v) is 4.10. The Morgan fingerprint density at radius 2 is 1.85 bits per heavy atom. The third kappa shape index (κ3) is 5.60. The van der Waals surface area contributed by atoms with Crippen molar-refractivity contribution in [2.45, 2.75) is 51.9 Å². The van der Waals surface area contributed by atoms with Crippen LogP contribution in [0, 0.1) is 0 Å². The van der Waals surface area contributed by atoms with Crippen molar-refractivity contribution in [3.8, 4) is 0 Å². The van der Waals surface area contributed by atoms with Gasteiger partial charge in [0.25, 0.3) is 0 Å². The van der Waals surface area contributed by atoms with Crippen LogP contribution in [0.15, 0.2) is 0 Å². The first kappa shape index (κ1) is 12.4. The minimum atomic E-state index is -1.01. The van der Waals surface area contributed by atoms with Crippen molar-refractivity contribution < 1.29 is 15.0 Å². The van der Waals surface area contributed by atoms with Crippen molar-refractivity contribution in [2.75, 3.05) is 0 Å². The number of rotatable bonds is 4. The minimum Gasteiger partial charge on any atom is -0.393 e. The van der Waals surface area contributed by atoms with Gasteiger partial charge in [-0.2, -0.15) is 0 Å². The van der Waals surface area contributed by atoms with Crippen LogP contribution in [0.25, 0.3) is 0 Å². The van der Waals surface area contributed by atoms with Crippen molar-refractivity contribution in [3.05, 3.63) is 0 Å². The van der Waals surface area contributed by atoms with E-state index in [-0.39, 0.29) is 0 Å². The lowest BCUT2D eigenvalue weighted by Gasteiger charge is -2.28. The predicted octanol–water partition coefficient (Wildman–Crippen LogP) is 0.0329. The third-order valence-corrected chi connectivity index (χ3v) is 1.65. The molecule has 3 N–H and O–H groups in total. The van der Waals surface area contributed by atoms with Crippen molar-refractivity contribution in [3.63, 3.8) is 0 Å². The quantitative estimate of drug-likeness (QED) is 0.584. The summed E-state index contributed by atoms with van der Waals surface area (Å²) in [5.74, 6) is -0.411. The molecule has 1 amide bonds. The van der Waals surface area contributed by atoms with Gasteiger partial charge in [-0.15, -0.1) is 0 Å². The van der Waals surface area contributed by atoms with E-state index in [2.05, 4.69) is 5.32 Å². The highest BCUT2D eigenvalue weighted by atomic mass is 16.3. The third-order valence-electron chi connectivity index (χ3n) is 1.65. The lowest BCUT2D eigenvalue weighted by molar-refractivity contribution is -0.130. The second-order valence-electron chi connectivity index (χ2n) is 4.10. The molecule has 0 fully saturated rings. The average Bonchev–Trinajstić information content (AvgIpc) is 1.81. The minimum absolute atomic E-state index is 0.411. The van der Waals surface area contributed by atoms with Gasteiger partial charge in [-0.3, -0.25) is 4.79 Å². The Kier molecular flexibility index (Phi) is 4.36. The van der Waals surface area contributed by atoms with E-state index in [4.69, 9.17) is 10.2 Å². The van der Waals surface area contributed by atoms with E-state index in [1.165, 1.54) is 6.92 Å². The van der Waals surface area contributed by atoms with Gasteiger partial charge in [-0.25, -0.2) is 0 Å². The molecule has 0 spiro atoms. The molecular weight excluding hydrogens is 170 g/mol. The van der Waals surface area contributed by atoms with E-state index in [0.717, 1.165) is 0 Å². The van der Waals surface area contributed by atoms with E-state index < -0.39 is 23.7 Å². The molecule has 0 radical (unpaired) electrons. The zero-order valence-electron chi connectivity index (χ0n) is 8.66. The first-order chi connectivity index (χ1) is 5.74. The van der Waals surface area contributed by atoms with E-state index >= 15 is 0 Å². The van der Waals surface area contributed by atoms with Crippen LogP contribution < -0.4 is 5.32 Å². The number of carbonyl (C=O) groups is 1. The number of aliphatic hydroxyl groups is 2. The normalized spacial score (nSPS) is 16.5. The van der Waals surface area contributed by atoms with Gasteiger partial charge >= 0.3 is 0 Å². The fraction of sp³-hybridized carbons (Fsp3) is 0.889. The van der Waals surface area contributed by atoms with E-state index in [9.17, 15) is 4.79 Å². The van der Waals surface area contributed by atoms with Gasteiger partial charge in [-0.05, 0) is 34.1 Å². The fourth-order valence-electron chi connectivity index (χ4n) is 1.23. The van der Waals surface area contributed by atoms with Crippen LogP contribution in [0.1, 0.15) is 34.1 Å². The molecule has 0 aromatic heterocycles. The van der Waals surface area contributed by atoms with Crippen LogP contribution in [0.2, 0.25) is 0 Å². The summed E-state index contributed by atoms with van der Waals surface area (Å²) in [4.78, 5) is 11.1. The Morgan fingerprint density at radius 3 is 2.15 bits per heavy atom. The molecule has 78 valence electrons. The largest absolute Gasteiger partial charge is 0.393 e. The van der Waals surface area contributed by atoms with E-state index in [0.29, 0.717) is 6.42 Å². The summed E-state index contributed by atoms with van der Waals surface area (Å²) in [5.41, 5.74) is -0.484. The van der Waals surface area contributed by atoms with Gasteiger partial charge in [0.2, 0.25) is 5.91 Å². The average molecular weight is 189 g/mol. The van der Waals surface area contributed by atoms with Crippen LogP contribution in [-0.4, -0.2) is 33.9 Å². The fourth-order valence-corrected chi connectivity index (χ4v) is 1.23. The van der Waals surface area contributed by atoms with Crippen molar-refractivity contribution in [2.24, 2.45) is 0 Å². The van der Waals surface area contributed by atoms with Gasteiger partial charge in [0.1, 0.15) is 6.10 Å². The second kappa shape index (κ2) is 4.58. The molecule has 0 aromatic carbocycles. The molecule has 4 nitrogen and oxygen atoms in total. The molecule has 4 heteroatoms. The maximum atomic E-state index is 11.1. The lowest BCUT2D eigenvalue weighted by atomic mass is 9.97. The summed E-state index contributed by atoms with van der Waals surface area (Å²) < 4.78 is 0. The molecule has 13 heavy (non-hydrogen) atoms. The number of hydrogen-bond acceptors (Lipinski definition) is 3. The molecule has 0 heterocycles. The molecule has 0 bridgehead atoms. The Morgan fingerprint density at radius 1 is 1.38 bits per heavy atom. The Bertz CT molecular complexity index is 176. The van der Waals surface area contributed by atoms with Crippen molar-refractivity contribution in [1.82, 2.24) is 5.32 Å². The van der Waals surface area contributed by atoms with Gasteiger partial charge in [0.15, 0.2) is 0 Å². The van der Waals surface area contributed by atoms with Crippen LogP contribution in [0.5, 0.6) is 0 Å². The molecule has 0 aliphatic heterocycles. The summed E-state index contributed by atoms with van der Waals surface area (Å²) in [6, 6.07) is 0. The maximum absolute atomic E-state index is 11.1. The van der Waals surface area contributed by atoms with Crippen LogP contribution >= 0.6 is 0 Å². The van der Waals surface area contributed by atoms with E-state index in [1.807, 2.05) is 0 Å². The zero-order chi connectivity index (χ0) is 10.6. The molecule has 0 aliphatic carbocycles. The Labute approximate surface area is 79.0 Å². The standard InChI is InChI=1S/C9H19NO3/c1-6(11)5-9(3,4)10-8(13)7(2)12/h6-7,11-12H,5H2,1-4H3,(H,10,13). The smallest absolute Gasteiger partial charge is 0.248 e. The number of aliphatic hydroxyl groups excluding tert-OH is 2. The summed E-state index contributed by atoms with van der Waals surface area (Å²) >= 11 is 0. The highest BCUT2D eigenvalue weighted by Crippen LogP contribution is 2.11. The van der Waals surface area contributed by atoms with Crippen LogP contribution in [-0.2, 0) is 4.79 Å². The zero-order valence-corrected chi connectivity index (χ0v) is 8.66. The van der Waals surface area contributed by atoms with Gasteiger partial charge in [-0.1, -0.05) is 0 Å². The first-order valence-electron chi connectivity index (χ1n) is 4.43. The molecule has 0 aliphatic rings. The monoisotopic (exact) mass is 189 g/mol. The van der Waals surface area contributed by atoms with E-state index in [1.54, 1.807) is 20.8 Å². The number of nitrogens with one attached hydrogen (secondary N) is 1. The first-order valence-corrected chi connectivity index (χ1v) is 4.43. The molecule has 0 saturated carbocycles. The SMILES string of the molecule is CC(O)CC(C)(C)NC(=O)C(C)O. The summed E-state index contributed by atoms with van der Waals surface area (Å²) in [6.07, 6.45) is -1.01. The summed E-state index contributed by atoms with van der Waals surface area (Å²) in [6.45, 7) is 6.68. The lowest BCUT2D eigenvalue weighted by Crippen LogP contribution is -2.48. The molecular formula is C9H19NO3. The molecule has 2 atom stereocenters. The molecule has 2 unspecified atom stereocenters. The predicted molar refractivity (Wildman–Crippen MR) is 50.2 cm³/mol. The number of amides is 1. The van der Waals surface area contributed by atoms with Crippen molar-refractivity contribution in [1.29, 1.82) is 0 Å². The Balaban J connectivity index is 4.09. The van der Waals surface area contributed by atoms with Crippen LogP contribution in [0.3, 0.4) is 0 Å². The van der Waals surface area contributed by atoms with Gasteiger partial charge in [0, 0.05) is 5.54 Å². The maximum Gasteiger partial charge on any atom is 0.248 e. The highest BCUT2D eigenvalue weighted by molar-refractivity contribution is 5.80. The molecule has 0 saturated heterocycles. The summed E-state index contributed by atoms with van der Waals surface area (Å²) in [5, 5.41) is 20.7. The topological polar surface area (TPSA) is 69.6 Å². The van der Waals surface area contributed by atoms with Crippen LogP contribution in [0.4, 0.5) is 0 Å². The van der Waals surface area contributed by atoms with Gasteiger partial charge < -0.3 is 15.5 Å². The summed E-state index contributed by atoms with van der Waals surface area (Å²) in [7, 11) is 0. The van der Waals surface area contributed by atoms with Gasteiger partial charge in [0.05, 0.1) is 6.10 Å². The number of hydrogen-bond donors (Lipinski definition) is 3. The molecule has 0 rings (SSSR count). The highest BCUT2D eigenvalue weighted by Gasteiger charge is 2.23. The Hall–Kier alpha value is -0.610.